The van der Waals surface area contributed by atoms with E-state index in [1.807, 2.05) is 0 Å². The van der Waals surface area contributed by atoms with Gasteiger partial charge in [-0.05, 0) is 17.5 Å². The predicted molar refractivity (Wildman–Crippen MR) is 68.1 cm³/mol. The lowest BCUT2D eigenvalue weighted by molar-refractivity contribution is 0.878. The second kappa shape index (κ2) is 3.81. The quantitative estimate of drug-likeness (QED) is 0.830. The van der Waals surface area contributed by atoms with Crippen LogP contribution in [0, 0.1) is 0 Å². The van der Waals surface area contributed by atoms with Gasteiger partial charge in [-0.25, -0.2) is 4.98 Å². The van der Waals surface area contributed by atoms with E-state index in [9.17, 15) is 0 Å². The van der Waals surface area contributed by atoms with Gasteiger partial charge in [-0.2, -0.15) is 0 Å². The van der Waals surface area contributed by atoms with E-state index in [-0.39, 0.29) is 0 Å². The molecule has 0 unspecified atom stereocenters. The molecule has 0 spiro atoms. The van der Waals surface area contributed by atoms with Gasteiger partial charge in [0, 0.05) is 5.02 Å². The minimum Gasteiger partial charge on any atom is -0.375 e. The van der Waals surface area contributed by atoms with E-state index in [0.717, 1.165) is 15.8 Å². The van der Waals surface area contributed by atoms with Crippen molar-refractivity contribution in [2.75, 3.05) is 5.73 Å². The Balaban J connectivity index is 2.89. The van der Waals surface area contributed by atoms with Gasteiger partial charge in [-0.15, -0.1) is 0 Å². The summed E-state index contributed by atoms with van der Waals surface area (Å²) in [5.41, 5.74) is 7.52. The number of hydrogen-bond donors (Lipinski definition) is 1. The first-order chi connectivity index (χ1) is 7.00. The van der Waals surface area contributed by atoms with E-state index in [4.69, 9.17) is 28.9 Å². The first kappa shape index (κ1) is 11.0. The SMILES string of the molecule is CC(C)c1c(Cl)cc(Cl)c2nc(N)sc12. The number of hydrogen-bond acceptors (Lipinski definition) is 3. The zero-order valence-corrected chi connectivity index (χ0v) is 10.7. The number of nitrogen functional groups attached to an aromatic ring is 1. The van der Waals surface area contributed by atoms with Crippen LogP contribution in [0.4, 0.5) is 5.13 Å². The van der Waals surface area contributed by atoms with E-state index >= 15 is 0 Å². The molecule has 0 aliphatic rings. The molecule has 1 aromatic carbocycles. The van der Waals surface area contributed by atoms with E-state index in [0.29, 0.717) is 21.1 Å². The van der Waals surface area contributed by atoms with Crippen molar-refractivity contribution >= 4 is 49.9 Å². The molecule has 2 rings (SSSR count). The molecule has 0 atom stereocenters. The zero-order chi connectivity index (χ0) is 11.2. The fourth-order valence-electron chi connectivity index (χ4n) is 1.58. The Bertz CT molecular complexity index is 520. The summed E-state index contributed by atoms with van der Waals surface area (Å²) in [5, 5.41) is 1.77. The average Bonchev–Trinajstić information content (AvgIpc) is 2.45. The summed E-state index contributed by atoms with van der Waals surface area (Å²) in [6.07, 6.45) is 0. The second-order valence-corrected chi connectivity index (χ2v) is 5.48. The van der Waals surface area contributed by atoms with Gasteiger partial charge in [0.25, 0.3) is 0 Å². The molecule has 80 valence electrons. The number of fused-ring (bicyclic) bond motifs is 1. The van der Waals surface area contributed by atoms with E-state index in [1.165, 1.54) is 11.3 Å². The van der Waals surface area contributed by atoms with Crippen LogP contribution in [-0.2, 0) is 0 Å². The molecule has 0 radical (unpaired) electrons. The summed E-state index contributed by atoms with van der Waals surface area (Å²) in [6.45, 7) is 4.18. The van der Waals surface area contributed by atoms with Crippen LogP contribution in [0.3, 0.4) is 0 Å². The summed E-state index contributed by atoms with van der Waals surface area (Å²) >= 11 is 13.7. The van der Waals surface area contributed by atoms with Gasteiger partial charge in [0.15, 0.2) is 5.13 Å². The number of rotatable bonds is 1. The summed E-state index contributed by atoms with van der Waals surface area (Å²) < 4.78 is 1.00. The monoisotopic (exact) mass is 260 g/mol. The maximum Gasteiger partial charge on any atom is 0.181 e. The maximum absolute atomic E-state index is 6.17. The van der Waals surface area contributed by atoms with Gasteiger partial charge in [0.1, 0.15) is 5.52 Å². The summed E-state index contributed by atoms with van der Waals surface area (Å²) in [4.78, 5) is 4.20. The van der Waals surface area contributed by atoms with Crippen LogP contribution < -0.4 is 5.73 Å². The van der Waals surface area contributed by atoms with Crippen LogP contribution in [0.15, 0.2) is 6.07 Å². The van der Waals surface area contributed by atoms with Crippen molar-refractivity contribution in [1.29, 1.82) is 0 Å². The Labute approximate surface area is 102 Å². The third-order valence-electron chi connectivity index (χ3n) is 2.20. The van der Waals surface area contributed by atoms with Crippen LogP contribution >= 0.6 is 34.5 Å². The number of nitrogens with two attached hydrogens (primary N) is 1. The molecule has 0 fully saturated rings. The molecule has 0 aliphatic heterocycles. The van der Waals surface area contributed by atoms with Crippen molar-refractivity contribution in [3.05, 3.63) is 21.7 Å². The molecule has 2 N–H and O–H groups in total. The smallest absolute Gasteiger partial charge is 0.181 e. The molecular weight excluding hydrogens is 251 g/mol. The Morgan fingerprint density at radius 1 is 1.33 bits per heavy atom. The Kier molecular flexibility index (Phi) is 2.79. The van der Waals surface area contributed by atoms with Gasteiger partial charge in [0.2, 0.25) is 0 Å². The summed E-state index contributed by atoms with van der Waals surface area (Å²) in [7, 11) is 0. The summed E-state index contributed by atoms with van der Waals surface area (Å²) in [5.74, 6) is 0.331. The number of thiazole rings is 1. The second-order valence-electron chi connectivity index (χ2n) is 3.64. The number of halogens is 2. The minimum absolute atomic E-state index is 0.331. The van der Waals surface area contributed by atoms with Crippen molar-refractivity contribution in [2.45, 2.75) is 19.8 Å². The van der Waals surface area contributed by atoms with Crippen LogP contribution in [-0.4, -0.2) is 4.98 Å². The van der Waals surface area contributed by atoms with E-state index in [2.05, 4.69) is 18.8 Å². The van der Waals surface area contributed by atoms with Crippen LogP contribution in [0.1, 0.15) is 25.3 Å². The Morgan fingerprint density at radius 3 is 2.60 bits per heavy atom. The highest BCUT2D eigenvalue weighted by Gasteiger charge is 2.16. The molecule has 15 heavy (non-hydrogen) atoms. The van der Waals surface area contributed by atoms with Crippen LogP contribution in [0.5, 0.6) is 0 Å². The molecule has 0 aliphatic carbocycles. The van der Waals surface area contributed by atoms with Crippen molar-refractivity contribution < 1.29 is 0 Å². The number of aromatic nitrogens is 1. The highest BCUT2D eigenvalue weighted by atomic mass is 35.5. The van der Waals surface area contributed by atoms with E-state index in [1.54, 1.807) is 6.07 Å². The fraction of sp³-hybridized carbons (Fsp3) is 0.300. The molecule has 0 amide bonds. The van der Waals surface area contributed by atoms with Gasteiger partial charge < -0.3 is 5.73 Å². The predicted octanol–water partition coefficient (Wildman–Crippen LogP) is 4.31. The van der Waals surface area contributed by atoms with Gasteiger partial charge in [-0.1, -0.05) is 48.4 Å². The largest absolute Gasteiger partial charge is 0.375 e. The highest BCUT2D eigenvalue weighted by Crippen LogP contribution is 2.40. The van der Waals surface area contributed by atoms with Gasteiger partial charge in [-0.3, -0.25) is 0 Å². The Hall–Kier alpha value is -0.510. The molecule has 1 heterocycles. The molecule has 2 nitrogen and oxygen atoms in total. The normalized spacial score (nSPS) is 11.5. The minimum atomic E-state index is 0.331. The third-order valence-corrected chi connectivity index (χ3v) is 3.72. The highest BCUT2D eigenvalue weighted by molar-refractivity contribution is 7.22. The maximum atomic E-state index is 6.17. The van der Waals surface area contributed by atoms with Crippen LogP contribution in [0.25, 0.3) is 10.2 Å². The lowest BCUT2D eigenvalue weighted by atomic mass is 10.0. The first-order valence-corrected chi connectivity index (χ1v) is 6.12. The molecule has 0 saturated carbocycles. The molecule has 0 bridgehead atoms. The van der Waals surface area contributed by atoms with Crippen molar-refractivity contribution in [3.63, 3.8) is 0 Å². The van der Waals surface area contributed by atoms with Crippen molar-refractivity contribution in [2.24, 2.45) is 0 Å². The van der Waals surface area contributed by atoms with Crippen molar-refractivity contribution in [3.8, 4) is 0 Å². The van der Waals surface area contributed by atoms with Crippen molar-refractivity contribution in [1.82, 2.24) is 4.98 Å². The molecular formula is C10H10Cl2N2S. The van der Waals surface area contributed by atoms with E-state index < -0.39 is 0 Å². The average molecular weight is 261 g/mol. The van der Waals surface area contributed by atoms with Gasteiger partial charge >= 0.3 is 0 Å². The fourth-order valence-corrected chi connectivity index (χ4v) is 3.47. The number of nitrogens with zero attached hydrogens (tertiary/aromatic N) is 1. The number of benzene rings is 1. The number of anilines is 1. The Morgan fingerprint density at radius 2 is 2.00 bits per heavy atom. The first-order valence-electron chi connectivity index (χ1n) is 4.54. The molecule has 2 aromatic rings. The molecule has 5 heteroatoms. The van der Waals surface area contributed by atoms with Crippen LogP contribution in [0.2, 0.25) is 10.0 Å². The molecule has 1 aromatic heterocycles. The lowest BCUT2D eigenvalue weighted by Gasteiger charge is -2.09. The third kappa shape index (κ3) is 1.80. The zero-order valence-electron chi connectivity index (χ0n) is 8.34. The van der Waals surface area contributed by atoms with Gasteiger partial charge in [0.05, 0.1) is 9.72 Å². The standard InChI is InChI=1S/C10H10Cl2N2S/c1-4(2)7-5(11)3-6(12)8-9(7)15-10(13)14-8/h3-4H,1-2H3,(H2,13,14). The lowest BCUT2D eigenvalue weighted by Crippen LogP contribution is -1.90. The summed E-state index contributed by atoms with van der Waals surface area (Å²) in [6, 6.07) is 1.74. The molecule has 0 saturated heterocycles. The topological polar surface area (TPSA) is 38.9 Å².